The van der Waals surface area contributed by atoms with Crippen molar-refractivity contribution in [3.05, 3.63) is 69.8 Å². The Morgan fingerprint density at radius 1 is 1.13 bits per heavy atom. The number of nitro benzene ring substituents is 1. The number of anilines is 1. The predicted octanol–water partition coefficient (Wildman–Crippen LogP) is 6.48. The highest BCUT2D eigenvalue weighted by molar-refractivity contribution is 5.63. The number of benzene rings is 2. The Bertz CT molecular complexity index is 972. The molecule has 6 nitrogen and oxygen atoms in total. The fraction of sp³-hybridized carbons (Fsp3) is 0.440. The van der Waals surface area contributed by atoms with Crippen LogP contribution in [0.3, 0.4) is 0 Å². The molecule has 0 saturated carbocycles. The normalized spacial score (nSPS) is 21.3. The molecule has 3 atom stereocenters. The summed E-state index contributed by atoms with van der Waals surface area (Å²) in [4.78, 5) is 10.8. The maximum Gasteiger partial charge on any atom is 0.270 e. The number of hydrogen-bond donors (Lipinski definition) is 2. The van der Waals surface area contributed by atoms with E-state index >= 15 is 0 Å². The maximum absolute atomic E-state index is 11.2. The van der Waals surface area contributed by atoms with E-state index in [9.17, 15) is 15.2 Å². The van der Waals surface area contributed by atoms with Crippen molar-refractivity contribution in [2.75, 3.05) is 11.9 Å². The maximum atomic E-state index is 11.2. The largest absolute Gasteiger partial charge is 0.508 e. The van der Waals surface area contributed by atoms with Crippen LogP contribution in [0.1, 0.15) is 68.5 Å². The van der Waals surface area contributed by atoms with Gasteiger partial charge in [0, 0.05) is 29.3 Å². The summed E-state index contributed by atoms with van der Waals surface area (Å²) in [5.74, 6) is 1.34. The summed E-state index contributed by atoms with van der Waals surface area (Å²) in [6.07, 6.45) is 11.3. The molecule has 164 valence electrons. The number of nitrogens with zero attached hydrogens (tertiary/aromatic N) is 1. The number of allylic oxidation sites excluding steroid dienone is 2. The molecular weight excluding hydrogens is 392 g/mol. The van der Waals surface area contributed by atoms with Crippen LogP contribution in [0.15, 0.2) is 48.6 Å². The lowest BCUT2D eigenvalue weighted by Gasteiger charge is -2.37. The quantitative estimate of drug-likeness (QED) is 0.209. The van der Waals surface area contributed by atoms with Crippen LogP contribution in [0, 0.1) is 16.0 Å². The van der Waals surface area contributed by atoms with Gasteiger partial charge in [-0.15, -0.1) is 0 Å². The molecule has 2 aromatic rings. The molecule has 0 saturated heterocycles. The van der Waals surface area contributed by atoms with Gasteiger partial charge in [-0.1, -0.05) is 44.8 Å². The fourth-order valence-corrected chi connectivity index (χ4v) is 4.77. The molecule has 0 spiro atoms. The fourth-order valence-electron chi connectivity index (χ4n) is 4.77. The zero-order chi connectivity index (χ0) is 21.8. The third kappa shape index (κ3) is 4.53. The Morgan fingerprint density at radius 3 is 2.77 bits per heavy atom. The van der Waals surface area contributed by atoms with Crippen LogP contribution in [0.4, 0.5) is 11.4 Å². The van der Waals surface area contributed by atoms with Crippen LogP contribution in [0.2, 0.25) is 0 Å². The van der Waals surface area contributed by atoms with Gasteiger partial charge >= 0.3 is 0 Å². The van der Waals surface area contributed by atoms with Gasteiger partial charge in [0.05, 0.1) is 17.6 Å². The van der Waals surface area contributed by atoms with E-state index in [1.54, 1.807) is 0 Å². The zero-order valence-electron chi connectivity index (χ0n) is 17.9. The molecule has 0 aromatic heterocycles. The number of hydrogen-bond acceptors (Lipinski definition) is 5. The molecule has 2 aliphatic rings. The number of phenols is 1. The first kappa shape index (κ1) is 21.2. The number of nitro groups is 1. The van der Waals surface area contributed by atoms with Crippen molar-refractivity contribution in [1.29, 1.82) is 0 Å². The molecule has 0 bridgehead atoms. The van der Waals surface area contributed by atoms with Gasteiger partial charge in [0.15, 0.2) is 0 Å². The second kappa shape index (κ2) is 9.41. The van der Waals surface area contributed by atoms with E-state index in [0.29, 0.717) is 5.56 Å². The second-order valence-electron chi connectivity index (χ2n) is 8.49. The average molecular weight is 423 g/mol. The molecular formula is C25H30N2O4. The average Bonchev–Trinajstić information content (AvgIpc) is 3.26. The van der Waals surface area contributed by atoms with Gasteiger partial charge in [0.1, 0.15) is 11.5 Å². The van der Waals surface area contributed by atoms with Gasteiger partial charge in [-0.25, -0.2) is 0 Å². The van der Waals surface area contributed by atoms with Crippen molar-refractivity contribution < 1.29 is 14.8 Å². The van der Waals surface area contributed by atoms with Gasteiger partial charge in [0.2, 0.25) is 0 Å². The monoisotopic (exact) mass is 422 g/mol. The molecule has 0 amide bonds. The summed E-state index contributed by atoms with van der Waals surface area (Å²) < 4.78 is 6.01. The molecule has 0 radical (unpaired) electrons. The summed E-state index contributed by atoms with van der Waals surface area (Å²) in [5.41, 5.74) is 2.74. The van der Waals surface area contributed by atoms with Crippen LogP contribution in [-0.4, -0.2) is 16.6 Å². The number of aromatic hydroxyl groups is 1. The lowest BCUT2D eigenvalue weighted by Crippen LogP contribution is -2.29. The molecule has 2 N–H and O–H groups in total. The molecule has 1 aliphatic carbocycles. The van der Waals surface area contributed by atoms with E-state index in [1.807, 2.05) is 12.1 Å². The van der Waals surface area contributed by atoms with Gasteiger partial charge < -0.3 is 15.2 Å². The first-order valence-corrected chi connectivity index (χ1v) is 11.3. The standard InChI is InChI=1S/C25H30N2O4/c1-2-3-4-5-6-14-31-18-11-12-23-21(16-18)19-8-7-9-20(19)25(26-23)22-15-17(27(29)30)10-13-24(22)28/h7-8,10-13,15-16,19-20,25-26,28H,2-6,9,14H2,1H3. The predicted molar refractivity (Wildman–Crippen MR) is 122 cm³/mol. The molecule has 6 heteroatoms. The summed E-state index contributed by atoms with van der Waals surface area (Å²) in [7, 11) is 0. The Morgan fingerprint density at radius 2 is 1.97 bits per heavy atom. The van der Waals surface area contributed by atoms with Gasteiger partial charge in [-0.3, -0.25) is 10.1 Å². The number of ether oxygens (including phenoxy) is 1. The molecule has 1 heterocycles. The summed E-state index contributed by atoms with van der Waals surface area (Å²) in [6, 6.07) is 10.2. The molecule has 0 fully saturated rings. The number of non-ortho nitro benzene ring substituents is 1. The van der Waals surface area contributed by atoms with Crippen molar-refractivity contribution in [3.63, 3.8) is 0 Å². The number of nitrogens with one attached hydrogen (secondary N) is 1. The van der Waals surface area contributed by atoms with E-state index < -0.39 is 4.92 Å². The highest BCUT2D eigenvalue weighted by Gasteiger charge is 2.39. The van der Waals surface area contributed by atoms with E-state index in [1.165, 1.54) is 49.4 Å². The van der Waals surface area contributed by atoms with Crippen LogP contribution >= 0.6 is 0 Å². The molecule has 1 aliphatic heterocycles. The first-order valence-electron chi connectivity index (χ1n) is 11.3. The smallest absolute Gasteiger partial charge is 0.270 e. The van der Waals surface area contributed by atoms with E-state index in [-0.39, 0.29) is 29.3 Å². The third-order valence-corrected chi connectivity index (χ3v) is 6.41. The Hall–Kier alpha value is -3.02. The second-order valence-corrected chi connectivity index (χ2v) is 8.49. The minimum absolute atomic E-state index is 0.00872. The van der Waals surface area contributed by atoms with Crippen molar-refractivity contribution >= 4 is 11.4 Å². The highest BCUT2D eigenvalue weighted by atomic mass is 16.6. The van der Waals surface area contributed by atoms with E-state index in [0.717, 1.165) is 30.9 Å². The number of unbranched alkanes of at least 4 members (excludes halogenated alkanes) is 4. The van der Waals surface area contributed by atoms with Crippen LogP contribution < -0.4 is 10.1 Å². The summed E-state index contributed by atoms with van der Waals surface area (Å²) in [6.45, 7) is 2.94. The van der Waals surface area contributed by atoms with Crippen molar-refractivity contribution in [1.82, 2.24) is 0 Å². The van der Waals surface area contributed by atoms with Crippen molar-refractivity contribution in [3.8, 4) is 11.5 Å². The van der Waals surface area contributed by atoms with E-state index in [2.05, 4.69) is 30.5 Å². The van der Waals surface area contributed by atoms with Gasteiger partial charge in [-0.05, 0) is 48.6 Å². The third-order valence-electron chi connectivity index (χ3n) is 6.41. The SMILES string of the molecule is CCCCCCCOc1ccc2c(c1)C1C=CCC1C(c1cc([N+](=O)[O-])ccc1O)N2. The number of rotatable bonds is 9. The highest BCUT2D eigenvalue weighted by Crippen LogP contribution is 2.52. The first-order chi connectivity index (χ1) is 15.1. The summed E-state index contributed by atoms with van der Waals surface area (Å²) in [5, 5.41) is 25.2. The molecule has 2 aromatic carbocycles. The lowest BCUT2D eigenvalue weighted by molar-refractivity contribution is -0.385. The Kier molecular flexibility index (Phi) is 6.44. The lowest BCUT2D eigenvalue weighted by atomic mass is 9.76. The molecule has 4 rings (SSSR count). The van der Waals surface area contributed by atoms with E-state index in [4.69, 9.17) is 4.74 Å². The number of fused-ring (bicyclic) bond motifs is 3. The minimum Gasteiger partial charge on any atom is -0.508 e. The van der Waals surface area contributed by atoms with Crippen molar-refractivity contribution in [2.24, 2.45) is 5.92 Å². The van der Waals surface area contributed by atoms with Crippen LogP contribution in [0.25, 0.3) is 0 Å². The zero-order valence-corrected chi connectivity index (χ0v) is 17.9. The number of phenolic OH excluding ortho intramolecular Hbond substituents is 1. The van der Waals surface area contributed by atoms with Crippen LogP contribution in [-0.2, 0) is 0 Å². The topological polar surface area (TPSA) is 84.6 Å². The van der Waals surface area contributed by atoms with Gasteiger partial charge in [0.25, 0.3) is 5.69 Å². The van der Waals surface area contributed by atoms with Crippen molar-refractivity contribution in [2.45, 2.75) is 57.4 Å². The van der Waals surface area contributed by atoms with Gasteiger partial charge in [-0.2, -0.15) is 0 Å². The van der Waals surface area contributed by atoms with Crippen LogP contribution in [0.5, 0.6) is 11.5 Å². The summed E-state index contributed by atoms with van der Waals surface area (Å²) >= 11 is 0. The molecule has 31 heavy (non-hydrogen) atoms. The minimum atomic E-state index is -0.421. The Labute approximate surface area is 183 Å². The molecule has 3 unspecified atom stereocenters. The Balaban J connectivity index is 1.53.